The zero-order chi connectivity index (χ0) is 16.6. The van der Waals surface area contributed by atoms with Crippen LogP contribution in [0.25, 0.3) is 0 Å². The van der Waals surface area contributed by atoms with Crippen molar-refractivity contribution in [2.24, 2.45) is 0 Å². The molecule has 4 rings (SSSR count). The maximum absolute atomic E-state index is 12.5. The second-order valence-electron chi connectivity index (χ2n) is 7.39. The van der Waals surface area contributed by atoms with Crippen LogP contribution in [-0.2, 0) is 4.74 Å². The molecule has 1 spiro atoms. The number of carbonyl (C=O) groups is 1. The molecule has 1 aromatic carbocycles. The molecule has 0 aromatic heterocycles. The van der Waals surface area contributed by atoms with Crippen LogP contribution < -0.4 is 15.4 Å². The van der Waals surface area contributed by atoms with Gasteiger partial charge in [0.05, 0.1) is 18.2 Å². The molecular weight excluding hydrogens is 304 g/mol. The summed E-state index contributed by atoms with van der Waals surface area (Å²) in [6.07, 6.45) is 6.44. The molecule has 2 fully saturated rings. The second-order valence-corrected chi connectivity index (χ2v) is 7.39. The van der Waals surface area contributed by atoms with Crippen molar-refractivity contribution in [2.75, 3.05) is 6.61 Å². The number of urea groups is 1. The summed E-state index contributed by atoms with van der Waals surface area (Å²) in [4.78, 5) is 12.5. The van der Waals surface area contributed by atoms with E-state index in [1.807, 2.05) is 25.1 Å². The fourth-order valence-electron chi connectivity index (χ4n) is 4.12. The Morgan fingerprint density at radius 3 is 2.83 bits per heavy atom. The second kappa shape index (κ2) is 6.28. The van der Waals surface area contributed by atoms with Gasteiger partial charge in [-0.3, -0.25) is 0 Å². The Hall–Kier alpha value is -1.75. The lowest BCUT2D eigenvalue weighted by Crippen LogP contribution is -2.52. The molecule has 130 valence electrons. The van der Waals surface area contributed by atoms with E-state index in [1.165, 1.54) is 6.42 Å². The normalized spacial score (nSPS) is 28.4. The van der Waals surface area contributed by atoms with Gasteiger partial charge in [-0.15, -0.1) is 0 Å². The fourth-order valence-corrected chi connectivity index (χ4v) is 4.12. The Kier molecular flexibility index (Phi) is 4.12. The zero-order valence-corrected chi connectivity index (χ0v) is 14.2. The summed E-state index contributed by atoms with van der Waals surface area (Å²) in [7, 11) is 0. The van der Waals surface area contributed by atoms with E-state index in [0.717, 1.165) is 50.0 Å². The highest BCUT2D eigenvalue weighted by Crippen LogP contribution is 2.48. The van der Waals surface area contributed by atoms with Gasteiger partial charge in [-0.25, -0.2) is 4.79 Å². The van der Waals surface area contributed by atoms with E-state index in [-0.39, 0.29) is 29.8 Å². The largest absolute Gasteiger partial charge is 0.487 e. The summed E-state index contributed by atoms with van der Waals surface area (Å²) in [5.74, 6) is 0.918. The third-order valence-corrected chi connectivity index (χ3v) is 5.65. The molecule has 2 N–H and O–H groups in total. The third-order valence-electron chi connectivity index (χ3n) is 5.65. The van der Waals surface area contributed by atoms with Gasteiger partial charge < -0.3 is 20.1 Å². The van der Waals surface area contributed by atoms with Crippen LogP contribution in [0.2, 0.25) is 0 Å². The highest BCUT2D eigenvalue weighted by atomic mass is 16.5. The number of amides is 2. The van der Waals surface area contributed by atoms with Gasteiger partial charge in [-0.2, -0.15) is 0 Å². The molecule has 3 atom stereocenters. The highest BCUT2D eigenvalue weighted by molar-refractivity contribution is 5.75. The van der Waals surface area contributed by atoms with Crippen LogP contribution in [0.4, 0.5) is 4.79 Å². The van der Waals surface area contributed by atoms with Crippen LogP contribution in [0, 0.1) is 0 Å². The minimum atomic E-state index is -0.117. The molecule has 3 aliphatic rings. The summed E-state index contributed by atoms with van der Waals surface area (Å²) in [5, 5.41) is 6.21. The number of fused-ring (bicyclic) bond motifs is 1. The molecule has 0 bridgehead atoms. The number of benzene rings is 1. The maximum atomic E-state index is 12.5. The monoisotopic (exact) mass is 330 g/mol. The first-order valence-corrected chi connectivity index (χ1v) is 9.12. The van der Waals surface area contributed by atoms with E-state index in [2.05, 4.69) is 16.7 Å². The average Bonchev–Trinajstić information content (AvgIpc) is 3.07. The molecule has 2 aliphatic heterocycles. The number of carbonyl (C=O) groups excluding carboxylic acids is 1. The lowest BCUT2D eigenvalue weighted by Gasteiger charge is -2.48. The molecule has 24 heavy (non-hydrogen) atoms. The van der Waals surface area contributed by atoms with Crippen molar-refractivity contribution in [1.29, 1.82) is 0 Å². The van der Waals surface area contributed by atoms with Gasteiger partial charge in [0, 0.05) is 18.6 Å². The quantitative estimate of drug-likeness (QED) is 0.894. The van der Waals surface area contributed by atoms with E-state index in [4.69, 9.17) is 9.47 Å². The SMILES string of the molecule is C[C@H](NC(=O)N[C@@H]1CC2(CCC2)Oc2ccccc21)[C@@H]1CCCO1. The smallest absolute Gasteiger partial charge is 0.315 e. The van der Waals surface area contributed by atoms with E-state index in [9.17, 15) is 4.79 Å². The number of para-hydroxylation sites is 1. The van der Waals surface area contributed by atoms with Gasteiger partial charge >= 0.3 is 6.03 Å². The average molecular weight is 330 g/mol. The van der Waals surface area contributed by atoms with Gasteiger partial charge in [0.1, 0.15) is 11.4 Å². The number of hydrogen-bond acceptors (Lipinski definition) is 3. The van der Waals surface area contributed by atoms with Gasteiger partial charge in [-0.1, -0.05) is 18.2 Å². The Labute approximate surface area is 143 Å². The van der Waals surface area contributed by atoms with Crippen LogP contribution in [0.3, 0.4) is 0 Å². The van der Waals surface area contributed by atoms with Crippen molar-refractivity contribution < 1.29 is 14.3 Å². The minimum absolute atomic E-state index is 0.00643. The summed E-state index contributed by atoms with van der Waals surface area (Å²) >= 11 is 0. The predicted molar refractivity (Wildman–Crippen MR) is 91.1 cm³/mol. The van der Waals surface area contributed by atoms with E-state index in [1.54, 1.807) is 0 Å². The predicted octanol–water partition coefficient (Wildman–Crippen LogP) is 3.30. The van der Waals surface area contributed by atoms with Crippen molar-refractivity contribution in [3.05, 3.63) is 29.8 Å². The first kappa shape index (κ1) is 15.8. The molecule has 5 nitrogen and oxygen atoms in total. The fraction of sp³-hybridized carbons (Fsp3) is 0.632. The van der Waals surface area contributed by atoms with Gasteiger partial charge in [-0.05, 0) is 45.1 Å². The van der Waals surface area contributed by atoms with E-state index >= 15 is 0 Å². The molecule has 0 radical (unpaired) electrons. The molecule has 1 saturated carbocycles. The summed E-state index contributed by atoms with van der Waals surface area (Å²) in [5.41, 5.74) is 1.00. The topological polar surface area (TPSA) is 59.6 Å². The van der Waals surface area contributed by atoms with E-state index < -0.39 is 0 Å². The molecule has 1 saturated heterocycles. The highest BCUT2D eigenvalue weighted by Gasteiger charge is 2.45. The third kappa shape index (κ3) is 2.97. The Morgan fingerprint density at radius 1 is 1.29 bits per heavy atom. The molecule has 1 aliphatic carbocycles. The number of ether oxygens (including phenoxy) is 2. The van der Waals surface area contributed by atoms with Crippen LogP contribution >= 0.6 is 0 Å². The van der Waals surface area contributed by atoms with Gasteiger partial charge in [0.25, 0.3) is 0 Å². The number of hydrogen-bond donors (Lipinski definition) is 2. The summed E-state index contributed by atoms with van der Waals surface area (Å²) < 4.78 is 11.9. The van der Waals surface area contributed by atoms with Crippen LogP contribution in [0.5, 0.6) is 5.75 Å². The van der Waals surface area contributed by atoms with Crippen molar-refractivity contribution in [2.45, 2.75) is 69.2 Å². The summed E-state index contributed by atoms with van der Waals surface area (Å²) in [6.45, 7) is 2.81. The van der Waals surface area contributed by atoms with Crippen molar-refractivity contribution in [3.63, 3.8) is 0 Å². The number of rotatable bonds is 3. The van der Waals surface area contributed by atoms with E-state index in [0.29, 0.717) is 0 Å². The molecule has 2 heterocycles. The first-order chi connectivity index (χ1) is 11.7. The standard InChI is InChI=1S/C19H26N2O3/c1-13(16-8-4-11-23-16)20-18(22)21-15-12-19(9-5-10-19)24-17-7-3-2-6-14(15)17/h2-3,6-7,13,15-16H,4-5,8-12H2,1H3,(H2,20,21,22)/t13-,15+,16-/m0/s1. The van der Waals surface area contributed by atoms with Gasteiger partial charge in [0.15, 0.2) is 0 Å². The molecule has 5 heteroatoms. The summed E-state index contributed by atoms with van der Waals surface area (Å²) in [6, 6.07) is 7.97. The molecule has 2 amide bonds. The maximum Gasteiger partial charge on any atom is 0.315 e. The van der Waals surface area contributed by atoms with Crippen molar-refractivity contribution in [3.8, 4) is 5.75 Å². The van der Waals surface area contributed by atoms with Crippen LogP contribution in [-0.4, -0.2) is 30.4 Å². The zero-order valence-electron chi connectivity index (χ0n) is 14.2. The number of nitrogens with one attached hydrogen (secondary N) is 2. The Balaban J connectivity index is 1.43. The van der Waals surface area contributed by atoms with Crippen molar-refractivity contribution in [1.82, 2.24) is 10.6 Å². The first-order valence-electron chi connectivity index (χ1n) is 9.12. The molecule has 1 aromatic rings. The van der Waals surface area contributed by atoms with Crippen LogP contribution in [0.1, 0.15) is 57.1 Å². The Bertz CT molecular complexity index is 608. The van der Waals surface area contributed by atoms with Crippen molar-refractivity contribution >= 4 is 6.03 Å². The van der Waals surface area contributed by atoms with Crippen LogP contribution in [0.15, 0.2) is 24.3 Å². The van der Waals surface area contributed by atoms with Gasteiger partial charge in [0.2, 0.25) is 0 Å². The minimum Gasteiger partial charge on any atom is -0.487 e. The molecular formula is C19H26N2O3. The Morgan fingerprint density at radius 2 is 2.12 bits per heavy atom. The lowest BCUT2D eigenvalue weighted by molar-refractivity contribution is -0.0356. The molecule has 0 unspecified atom stereocenters. The lowest BCUT2D eigenvalue weighted by atomic mass is 9.73.